The molecule has 1 aliphatic carbocycles. The van der Waals surface area contributed by atoms with Crippen molar-refractivity contribution in [2.75, 3.05) is 0 Å². The third-order valence-electron chi connectivity index (χ3n) is 3.86. The van der Waals surface area contributed by atoms with Crippen molar-refractivity contribution in [2.45, 2.75) is 44.3 Å². The fraction of sp³-hybridized carbons (Fsp3) is 0.692. The predicted octanol–water partition coefficient (Wildman–Crippen LogP) is 4.64. The Balaban J connectivity index is 2.05. The molecule has 0 saturated heterocycles. The molecule has 0 amide bonds. The van der Waals surface area contributed by atoms with Crippen molar-refractivity contribution in [3.63, 3.8) is 0 Å². The molecule has 19 heavy (non-hydrogen) atoms. The standard InChI is InChI=1S/C13H17ClF3NS/c14-12-6-5-8(19-12)7-11(18)9-3-1-2-4-10(9)13(15,16)17/h5-6,9-11H,1-4,7,18H2. The van der Waals surface area contributed by atoms with E-state index in [1.807, 2.05) is 6.07 Å². The minimum Gasteiger partial charge on any atom is -0.327 e. The van der Waals surface area contributed by atoms with E-state index in [1.165, 1.54) is 11.3 Å². The Kier molecular flexibility index (Phi) is 4.79. The zero-order valence-corrected chi connectivity index (χ0v) is 12.0. The van der Waals surface area contributed by atoms with Crippen LogP contribution in [0.25, 0.3) is 0 Å². The zero-order chi connectivity index (χ0) is 14.0. The van der Waals surface area contributed by atoms with Gasteiger partial charge in [0.2, 0.25) is 0 Å². The first-order chi connectivity index (χ1) is 8.88. The minimum absolute atomic E-state index is 0.215. The molecule has 3 unspecified atom stereocenters. The normalized spacial score (nSPS) is 26.4. The SMILES string of the molecule is NC(Cc1ccc(Cl)s1)C1CCCCC1C(F)(F)F. The van der Waals surface area contributed by atoms with Crippen molar-refractivity contribution in [3.8, 4) is 0 Å². The summed E-state index contributed by atoms with van der Waals surface area (Å²) < 4.78 is 39.7. The van der Waals surface area contributed by atoms with E-state index in [0.717, 1.165) is 11.3 Å². The van der Waals surface area contributed by atoms with Crippen molar-refractivity contribution in [3.05, 3.63) is 21.3 Å². The highest BCUT2D eigenvalue weighted by Gasteiger charge is 2.47. The molecule has 1 saturated carbocycles. The maximum atomic E-state index is 13.0. The Bertz CT molecular complexity index is 418. The van der Waals surface area contributed by atoms with Crippen molar-refractivity contribution >= 4 is 22.9 Å². The highest BCUT2D eigenvalue weighted by Crippen LogP contribution is 2.43. The Morgan fingerprint density at radius 1 is 1.32 bits per heavy atom. The second kappa shape index (κ2) is 6.02. The summed E-state index contributed by atoms with van der Waals surface area (Å²) in [6.45, 7) is 0. The molecule has 0 radical (unpaired) electrons. The monoisotopic (exact) mass is 311 g/mol. The third-order valence-corrected chi connectivity index (χ3v) is 5.11. The Labute approximate surface area is 119 Å². The molecule has 1 aliphatic rings. The number of nitrogens with two attached hydrogens (primary N) is 1. The van der Waals surface area contributed by atoms with Gasteiger partial charge >= 0.3 is 6.18 Å². The topological polar surface area (TPSA) is 26.0 Å². The lowest BCUT2D eigenvalue weighted by Crippen LogP contribution is -2.44. The van der Waals surface area contributed by atoms with Gasteiger partial charge < -0.3 is 5.73 Å². The molecule has 2 rings (SSSR count). The van der Waals surface area contributed by atoms with Crippen LogP contribution in [0.2, 0.25) is 4.34 Å². The van der Waals surface area contributed by atoms with Crippen LogP contribution in [0.5, 0.6) is 0 Å². The van der Waals surface area contributed by atoms with E-state index in [0.29, 0.717) is 23.6 Å². The van der Waals surface area contributed by atoms with Crippen LogP contribution in [-0.4, -0.2) is 12.2 Å². The van der Waals surface area contributed by atoms with Crippen molar-refractivity contribution in [1.82, 2.24) is 0 Å². The van der Waals surface area contributed by atoms with Crippen LogP contribution in [0.3, 0.4) is 0 Å². The number of hydrogen-bond donors (Lipinski definition) is 1. The van der Waals surface area contributed by atoms with Crippen LogP contribution in [0, 0.1) is 11.8 Å². The molecule has 0 aliphatic heterocycles. The first kappa shape index (κ1) is 15.1. The molecule has 0 bridgehead atoms. The summed E-state index contributed by atoms with van der Waals surface area (Å²) in [6.07, 6.45) is -1.36. The molecular weight excluding hydrogens is 295 g/mol. The second-order valence-electron chi connectivity index (χ2n) is 5.17. The molecule has 1 nitrogen and oxygen atoms in total. The number of hydrogen-bond acceptors (Lipinski definition) is 2. The van der Waals surface area contributed by atoms with Gasteiger partial charge in [-0.05, 0) is 37.3 Å². The maximum Gasteiger partial charge on any atom is 0.392 e. The average molecular weight is 312 g/mol. The number of rotatable bonds is 3. The first-order valence-electron chi connectivity index (χ1n) is 6.44. The van der Waals surface area contributed by atoms with Gasteiger partial charge in [-0.25, -0.2) is 0 Å². The van der Waals surface area contributed by atoms with Crippen LogP contribution >= 0.6 is 22.9 Å². The summed E-state index contributed by atoms with van der Waals surface area (Å²) in [7, 11) is 0. The summed E-state index contributed by atoms with van der Waals surface area (Å²) in [6, 6.07) is 3.16. The Hall–Kier alpha value is -0.260. The second-order valence-corrected chi connectivity index (χ2v) is 6.97. The first-order valence-corrected chi connectivity index (χ1v) is 7.64. The smallest absolute Gasteiger partial charge is 0.327 e. The highest BCUT2D eigenvalue weighted by atomic mass is 35.5. The van der Waals surface area contributed by atoms with E-state index in [9.17, 15) is 13.2 Å². The van der Waals surface area contributed by atoms with Gasteiger partial charge in [0, 0.05) is 10.9 Å². The molecule has 0 spiro atoms. The van der Waals surface area contributed by atoms with Gasteiger partial charge in [-0.1, -0.05) is 24.4 Å². The molecule has 1 heterocycles. The number of halogens is 4. The number of alkyl halides is 3. The quantitative estimate of drug-likeness (QED) is 0.864. The highest BCUT2D eigenvalue weighted by molar-refractivity contribution is 7.16. The molecule has 0 aromatic carbocycles. The maximum absolute atomic E-state index is 13.0. The lowest BCUT2D eigenvalue weighted by atomic mass is 9.74. The lowest BCUT2D eigenvalue weighted by molar-refractivity contribution is -0.198. The van der Waals surface area contributed by atoms with E-state index in [4.69, 9.17) is 17.3 Å². The zero-order valence-electron chi connectivity index (χ0n) is 10.4. The molecule has 1 aromatic heterocycles. The molecule has 6 heteroatoms. The van der Waals surface area contributed by atoms with E-state index >= 15 is 0 Å². The summed E-state index contributed by atoms with van der Waals surface area (Å²) in [5.74, 6) is -1.71. The van der Waals surface area contributed by atoms with Gasteiger partial charge in [-0.15, -0.1) is 11.3 Å². The van der Waals surface area contributed by atoms with Gasteiger partial charge in [0.15, 0.2) is 0 Å². The lowest BCUT2D eigenvalue weighted by Gasteiger charge is -2.36. The summed E-state index contributed by atoms with van der Waals surface area (Å²) in [4.78, 5) is 0.962. The van der Waals surface area contributed by atoms with Crippen LogP contribution in [-0.2, 0) is 6.42 Å². The summed E-state index contributed by atoms with van der Waals surface area (Å²) in [5, 5.41) is 0. The fourth-order valence-electron chi connectivity index (χ4n) is 2.92. The summed E-state index contributed by atoms with van der Waals surface area (Å²) in [5.41, 5.74) is 6.04. The number of thiophene rings is 1. The van der Waals surface area contributed by atoms with Crippen molar-refractivity contribution in [2.24, 2.45) is 17.6 Å². The van der Waals surface area contributed by atoms with Crippen LogP contribution in [0.4, 0.5) is 13.2 Å². The fourth-order valence-corrected chi connectivity index (χ4v) is 4.08. The van der Waals surface area contributed by atoms with Crippen LogP contribution in [0.15, 0.2) is 12.1 Å². The van der Waals surface area contributed by atoms with Gasteiger partial charge in [-0.3, -0.25) is 0 Å². The van der Waals surface area contributed by atoms with Crippen molar-refractivity contribution in [1.29, 1.82) is 0 Å². The van der Waals surface area contributed by atoms with E-state index in [1.54, 1.807) is 6.07 Å². The van der Waals surface area contributed by atoms with Gasteiger partial charge in [0.05, 0.1) is 10.3 Å². The van der Waals surface area contributed by atoms with Gasteiger partial charge in [0.25, 0.3) is 0 Å². The summed E-state index contributed by atoms with van der Waals surface area (Å²) >= 11 is 7.22. The Morgan fingerprint density at radius 3 is 2.58 bits per heavy atom. The predicted molar refractivity (Wildman–Crippen MR) is 72.5 cm³/mol. The van der Waals surface area contributed by atoms with E-state index < -0.39 is 24.1 Å². The molecule has 3 atom stereocenters. The van der Waals surface area contributed by atoms with E-state index in [-0.39, 0.29) is 6.42 Å². The van der Waals surface area contributed by atoms with Crippen molar-refractivity contribution < 1.29 is 13.2 Å². The van der Waals surface area contributed by atoms with Crippen LogP contribution < -0.4 is 5.73 Å². The van der Waals surface area contributed by atoms with Crippen LogP contribution in [0.1, 0.15) is 30.6 Å². The Morgan fingerprint density at radius 2 is 2.00 bits per heavy atom. The minimum atomic E-state index is -4.13. The average Bonchev–Trinajstić information content (AvgIpc) is 2.73. The molecule has 1 fully saturated rings. The molecule has 2 N–H and O–H groups in total. The van der Waals surface area contributed by atoms with E-state index in [2.05, 4.69) is 0 Å². The molecular formula is C13H17ClF3NS. The largest absolute Gasteiger partial charge is 0.392 e. The van der Waals surface area contributed by atoms with Gasteiger partial charge in [0.1, 0.15) is 0 Å². The van der Waals surface area contributed by atoms with Gasteiger partial charge in [-0.2, -0.15) is 13.2 Å². The third kappa shape index (κ3) is 3.86. The molecule has 1 aromatic rings. The molecule has 108 valence electrons.